The van der Waals surface area contributed by atoms with Crippen LogP contribution in [0.1, 0.15) is 18.4 Å². The molecule has 0 bridgehead atoms. The Balaban J connectivity index is 1.69. The fourth-order valence-corrected chi connectivity index (χ4v) is 3.52. The zero-order valence-electron chi connectivity index (χ0n) is 13.0. The van der Waals surface area contributed by atoms with Gasteiger partial charge in [-0.2, -0.15) is 0 Å². The molecule has 4 heteroatoms. The fraction of sp³-hybridized carbons (Fsp3) is 0.529. The molecular weight excluding hydrogens is 262 g/mol. The maximum atomic E-state index is 10.7. The van der Waals surface area contributed by atoms with Gasteiger partial charge in [0.15, 0.2) is 0 Å². The molecule has 1 atom stereocenters. The molecule has 1 fully saturated rings. The summed E-state index contributed by atoms with van der Waals surface area (Å²) in [6.45, 7) is 3.48. The van der Waals surface area contributed by atoms with E-state index in [4.69, 9.17) is 0 Å². The van der Waals surface area contributed by atoms with E-state index in [9.17, 15) is 5.11 Å². The van der Waals surface area contributed by atoms with Crippen molar-refractivity contribution < 1.29 is 5.11 Å². The molecule has 4 nitrogen and oxygen atoms in total. The molecule has 1 saturated heterocycles. The van der Waals surface area contributed by atoms with E-state index >= 15 is 0 Å². The highest BCUT2D eigenvalue weighted by Gasteiger charge is 2.33. The number of piperidine rings is 1. The number of likely N-dealkylation sites (tertiary alicyclic amines) is 1. The maximum Gasteiger partial charge on any atom is 0.0900 e. The van der Waals surface area contributed by atoms with Gasteiger partial charge in [0.25, 0.3) is 0 Å². The van der Waals surface area contributed by atoms with Crippen LogP contribution < -0.4 is 0 Å². The van der Waals surface area contributed by atoms with Crippen molar-refractivity contribution in [2.24, 2.45) is 0 Å². The Bertz CT molecular complexity index is 607. The number of aromatic amines is 1. The van der Waals surface area contributed by atoms with Crippen LogP contribution in [0.15, 0.2) is 30.5 Å². The maximum absolute atomic E-state index is 10.7. The van der Waals surface area contributed by atoms with Crippen molar-refractivity contribution in [3.63, 3.8) is 0 Å². The number of nitrogens with zero attached hydrogens (tertiary/aromatic N) is 2. The quantitative estimate of drug-likeness (QED) is 0.904. The normalized spacial score (nSPS) is 24.0. The van der Waals surface area contributed by atoms with E-state index < -0.39 is 5.60 Å². The first-order chi connectivity index (χ1) is 10.0. The third-order valence-electron chi connectivity index (χ3n) is 4.27. The van der Waals surface area contributed by atoms with Crippen molar-refractivity contribution in [3.8, 4) is 0 Å². The van der Waals surface area contributed by atoms with Crippen molar-refractivity contribution in [2.75, 3.05) is 33.7 Å². The first-order valence-corrected chi connectivity index (χ1v) is 7.70. The largest absolute Gasteiger partial charge is 0.387 e. The summed E-state index contributed by atoms with van der Waals surface area (Å²) < 4.78 is 0. The second-order valence-corrected chi connectivity index (χ2v) is 6.68. The van der Waals surface area contributed by atoms with Gasteiger partial charge in [-0.05, 0) is 62.6 Å². The van der Waals surface area contributed by atoms with Crippen molar-refractivity contribution in [1.29, 1.82) is 0 Å². The van der Waals surface area contributed by atoms with Gasteiger partial charge in [0.05, 0.1) is 5.60 Å². The predicted molar refractivity (Wildman–Crippen MR) is 86.3 cm³/mol. The second-order valence-electron chi connectivity index (χ2n) is 6.68. The van der Waals surface area contributed by atoms with Crippen molar-refractivity contribution in [2.45, 2.75) is 25.0 Å². The van der Waals surface area contributed by atoms with Gasteiger partial charge >= 0.3 is 0 Å². The predicted octanol–water partition coefficient (Wildman–Crippen LogP) is 2.06. The van der Waals surface area contributed by atoms with Crippen molar-refractivity contribution in [1.82, 2.24) is 14.8 Å². The molecule has 114 valence electrons. The highest BCUT2D eigenvalue weighted by molar-refractivity contribution is 5.79. The van der Waals surface area contributed by atoms with E-state index in [1.807, 2.05) is 20.3 Å². The molecule has 0 aliphatic carbocycles. The fourth-order valence-electron chi connectivity index (χ4n) is 3.52. The summed E-state index contributed by atoms with van der Waals surface area (Å²) in [6, 6.07) is 8.67. The van der Waals surface area contributed by atoms with Gasteiger partial charge < -0.3 is 15.0 Å². The number of hydrogen-bond acceptors (Lipinski definition) is 3. The van der Waals surface area contributed by atoms with Crippen LogP contribution in [0.2, 0.25) is 0 Å². The van der Waals surface area contributed by atoms with Gasteiger partial charge in [0, 0.05) is 31.3 Å². The Hall–Kier alpha value is -1.36. The lowest BCUT2D eigenvalue weighted by Crippen LogP contribution is -2.52. The number of nitrogens with one attached hydrogen (secondary N) is 1. The number of H-pyrrole nitrogens is 1. The second kappa shape index (κ2) is 5.79. The smallest absolute Gasteiger partial charge is 0.0900 e. The average molecular weight is 287 g/mol. The molecule has 1 aliphatic rings. The Morgan fingerprint density at radius 3 is 3.00 bits per heavy atom. The molecule has 2 aromatic rings. The molecule has 1 aromatic heterocycles. The lowest BCUT2D eigenvalue weighted by molar-refractivity contribution is -0.0479. The van der Waals surface area contributed by atoms with Crippen LogP contribution in [0.5, 0.6) is 0 Å². The van der Waals surface area contributed by atoms with Gasteiger partial charge in [0.1, 0.15) is 0 Å². The summed E-state index contributed by atoms with van der Waals surface area (Å²) in [5, 5.41) is 12.0. The molecule has 2 N–H and O–H groups in total. The molecule has 0 spiro atoms. The number of β-amino-alcohol motifs (C(OH)–C–C–N with tert-alkyl or cyclic N) is 1. The topological polar surface area (TPSA) is 42.5 Å². The number of aromatic nitrogens is 1. The van der Waals surface area contributed by atoms with E-state index in [1.54, 1.807) is 0 Å². The van der Waals surface area contributed by atoms with Gasteiger partial charge in [-0.15, -0.1) is 0 Å². The van der Waals surface area contributed by atoms with Gasteiger partial charge in [-0.3, -0.25) is 4.90 Å². The molecule has 1 aromatic carbocycles. The van der Waals surface area contributed by atoms with Crippen LogP contribution in [0.3, 0.4) is 0 Å². The average Bonchev–Trinajstić information content (AvgIpc) is 2.84. The van der Waals surface area contributed by atoms with Crippen molar-refractivity contribution >= 4 is 10.9 Å². The Labute approximate surface area is 126 Å². The summed E-state index contributed by atoms with van der Waals surface area (Å²) in [4.78, 5) is 7.68. The zero-order valence-corrected chi connectivity index (χ0v) is 13.0. The summed E-state index contributed by atoms with van der Waals surface area (Å²) in [7, 11) is 4.05. The Kier molecular flexibility index (Phi) is 4.02. The first kappa shape index (κ1) is 14.6. The number of rotatable bonds is 4. The summed E-state index contributed by atoms with van der Waals surface area (Å²) in [6.07, 6.45) is 3.94. The number of hydrogen-bond donors (Lipinski definition) is 2. The highest BCUT2D eigenvalue weighted by Crippen LogP contribution is 2.24. The number of benzene rings is 1. The minimum absolute atomic E-state index is 0.570. The molecule has 1 aliphatic heterocycles. The van der Waals surface area contributed by atoms with Crippen LogP contribution in [0.25, 0.3) is 10.9 Å². The Morgan fingerprint density at radius 2 is 2.19 bits per heavy atom. The van der Waals surface area contributed by atoms with E-state index in [0.717, 1.165) is 39.0 Å². The zero-order chi connectivity index (χ0) is 14.9. The molecular formula is C17H25N3O. The van der Waals surface area contributed by atoms with Crippen LogP contribution in [-0.4, -0.2) is 59.2 Å². The minimum Gasteiger partial charge on any atom is -0.387 e. The van der Waals surface area contributed by atoms with Crippen molar-refractivity contribution in [3.05, 3.63) is 36.0 Å². The highest BCUT2D eigenvalue weighted by atomic mass is 16.3. The van der Waals surface area contributed by atoms with Gasteiger partial charge in [-0.1, -0.05) is 6.07 Å². The van der Waals surface area contributed by atoms with E-state index in [0.29, 0.717) is 0 Å². The summed E-state index contributed by atoms with van der Waals surface area (Å²) in [5.41, 5.74) is 1.93. The third-order valence-corrected chi connectivity index (χ3v) is 4.27. The minimum atomic E-state index is -0.570. The molecule has 21 heavy (non-hydrogen) atoms. The third kappa shape index (κ3) is 3.46. The standard InChI is InChI=1S/C17H25N3O/c1-19(2)12-17(21)7-3-9-20(13-17)11-14-4-5-16-15(10-14)6-8-18-16/h4-6,8,10,18,21H,3,7,9,11-13H2,1-2H3/t17-/m1/s1. The van der Waals surface area contributed by atoms with Crippen LogP contribution in [0, 0.1) is 0 Å². The summed E-state index contributed by atoms with van der Waals surface area (Å²) >= 11 is 0. The number of fused-ring (bicyclic) bond motifs is 1. The van der Waals surface area contributed by atoms with Gasteiger partial charge in [-0.25, -0.2) is 0 Å². The lowest BCUT2D eigenvalue weighted by Gasteiger charge is -2.40. The lowest BCUT2D eigenvalue weighted by atomic mass is 9.92. The molecule has 0 amide bonds. The van der Waals surface area contributed by atoms with Gasteiger partial charge in [0.2, 0.25) is 0 Å². The van der Waals surface area contributed by atoms with Crippen LogP contribution in [0.4, 0.5) is 0 Å². The molecule has 3 rings (SSSR count). The number of aliphatic hydroxyl groups is 1. The SMILES string of the molecule is CN(C)C[C@]1(O)CCCN(Cc2ccc3[nH]ccc3c2)C1. The monoisotopic (exact) mass is 287 g/mol. The molecule has 2 heterocycles. The van der Waals surface area contributed by atoms with E-state index in [1.165, 1.54) is 16.5 Å². The van der Waals surface area contributed by atoms with Crippen LogP contribution >= 0.6 is 0 Å². The first-order valence-electron chi connectivity index (χ1n) is 7.70. The molecule has 0 saturated carbocycles. The molecule has 0 unspecified atom stereocenters. The summed E-state index contributed by atoms with van der Waals surface area (Å²) in [5.74, 6) is 0. The molecule has 0 radical (unpaired) electrons. The van der Waals surface area contributed by atoms with E-state index in [2.05, 4.69) is 39.0 Å². The Morgan fingerprint density at radius 1 is 1.33 bits per heavy atom. The van der Waals surface area contributed by atoms with E-state index in [-0.39, 0.29) is 0 Å². The van der Waals surface area contributed by atoms with Crippen LogP contribution in [-0.2, 0) is 6.54 Å². The number of likely N-dealkylation sites (N-methyl/N-ethyl adjacent to an activating group) is 1.